The third-order valence-electron chi connectivity index (χ3n) is 3.23. The number of benzene rings is 1. The molecule has 1 aliphatic rings. The summed E-state index contributed by atoms with van der Waals surface area (Å²) in [5.74, 6) is -0.0442. The highest BCUT2D eigenvalue weighted by Gasteiger charge is 2.16. The van der Waals surface area contributed by atoms with Gasteiger partial charge in [-0.2, -0.15) is 0 Å². The van der Waals surface area contributed by atoms with Gasteiger partial charge in [-0.25, -0.2) is 0 Å². The van der Waals surface area contributed by atoms with Crippen LogP contribution in [0.15, 0.2) is 24.3 Å². The summed E-state index contributed by atoms with van der Waals surface area (Å²) >= 11 is 0. The topological polar surface area (TPSA) is 58.2 Å². The van der Waals surface area contributed by atoms with Gasteiger partial charge in [0.2, 0.25) is 0 Å². The lowest BCUT2D eigenvalue weighted by Crippen LogP contribution is -2.42. The summed E-state index contributed by atoms with van der Waals surface area (Å²) in [6.07, 6.45) is 1.94. The van der Waals surface area contributed by atoms with Crippen molar-refractivity contribution in [2.24, 2.45) is 0 Å². The number of nitrogens with one attached hydrogen (secondary N) is 2. The summed E-state index contributed by atoms with van der Waals surface area (Å²) in [6.45, 7) is 3.42. The Bertz CT molecular complexity index is 434. The van der Waals surface area contributed by atoms with Gasteiger partial charge in [0, 0.05) is 17.2 Å². The quantitative estimate of drug-likeness (QED) is 0.792. The van der Waals surface area contributed by atoms with E-state index in [1.54, 1.807) is 24.3 Å². The summed E-state index contributed by atoms with van der Waals surface area (Å²) in [4.78, 5) is 23.1. The number of carbonyl (C=O) groups excluding carboxylic acids is 2. The number of carbonyl (C=O) groups is 2. The lowest BCUT2D eigenvalue weighted by molar-refractivity contribution is 0.0928. The number of hydrogen-bond donors (Lipinski definition) is 2. The van der Waals surface area contributed by atoms with E-state index in [0.29, 0.717) is 11.1 Å². The van der Waals surface area contributed by atoms with Crippen molar-refractivity contribution >= 4 is 11.7 Å². The van der Waals surface area contributed by atoms with E-state index in [1.807, 2.05) is 0 Å². The van der Waals surface area contributed by atoms with E-state index in [-0.39, 0.29) is 17.7 Å². The molecule has 0 unspecified atom stereocenters. The molecule has 1 aromatic rings. The van der Waals surface area contributed by atoms with Crippen LogP contribution in [0, 0.1) is 0 Å². The maximum Gasteiger partial charge on any atom is 0.251 e. The van der Waals surface area contributed by atoms with Crippen molar-refractivity contribution in [3.05, 3.63) is 35.4 Å². The molecule has 1 aliphatic heterocycles. The van der Waals surface area contributed by atoms with E-state index >= 15 is 0 Å². The predicted molar refractivity (Wildman–Crippen MR) is 69.8 cm³/mol. The molecule has 1 fully saturated rings. The van der Waals surface area contributed by atoms with Crippen LogP contribution in [0.2, 0.25) is 0 Å². The van der Waals surface area contributed by atoms with Gasteiger partial charge in [0.1, 0.15) is 0 Å². The number of rotatable bonds is 3. The molecule has 0 bridgehead atoms. The molecule has 1 amide bonds. The van der Waals surface area contributed by atoms with Gasteiger partial charge in [-0.15, -0.1) is 0 Å². The van der Waals surface area contributed by atoms with Gasteiger partial charge in [0.25, 0.3) is 5.91 Å². The Morgan fingerprint density at radius 3 is 2.22 bits per heavy atom. The van der Waals surface area contributed by atoms with Gasteiger partial charge in [0.05, 0.1) is 0 Å². The summed E-state index contributed by atoms with van der Waals surface area (Å²) in [5, 5.41) is 6.28. The molecular weight excluding hydrogens is 228 g/mol. The summed E-state index contributed by atoms with van der Waals surface area (Å²) in [5.41, 5.74) is 1.24. The lowest BCUT2D eigenvalue weighted by atomic mass is 10.1. The fourth-order valence-corrected chi connectivity index (χ4v) is 2.09. The van der Waals surface area contributed by atoms with Gasteiger partial charge < -0.3 is 10.6 Å². The van der Waals surface area contributed by atoms with Crippen molar-refractivity contribution in [2.75, 3.05) is 13.1 Å². The molecule has 4 nitrogen and oxygen atoms in total. The summed E-state index contributed by atoms with van der Waals surface area (Å²) < 4.78 is 0. The Morgan fingerprint density at radius 2 is 1.67 bits per heavy atom. The minimum Gasteiger partial charge on any atom is -0.349 e. The Labute approximate surface area is 107 Å². The SMILES string of the molecule is CC(=O)c1ccc(C(=O)NC2CCNCC2)cc1. The van der Waals surface area contributed by atoms with Crippen molar-refractivity contribution in [3.63, 3.8) is 0 Å². The average molecular weight is 246 g/mol. The number of hydrogen-bond acceptors (Lipinski definition) is 3. The molecule has 0 aromatic heterocycles. The van der Waals surface area contributed by atoms with Crippen LogP contribution in [-0.4, -0.2) is 30.8 Å². The zero-order valence-corrected chi connectivity index (χ0v) is 10.5. The highest BCUT2D eigenvalue weighted by atomic mass is 16.1. The second-order valence-corrected chi connectivity index (χ2v) is 4.63. The highest BCUT2D eigenvalue weighted by Crippen LogP contribution is 2.07. The van der Waals surface area contributed by atoms with Crippen molar-refractivity contribution in [1.29, 1.82) is 0 Å². The Kier molecular flexibility index (Phi) is 4.10. The Morgan fingerprint density at radius 1 is 1.11 bits per heavy atom. The van der Waals surface area contributed by atoms with Crippen molar-refractivity contribution in [1.82, 2.24) is 10.6 Å². The maximum absolute atomic E-state index is 12.0. The predicted octanol–water partition coefficient (Wildman–Crippen LogP) is 1.37. The van der Waals surface area contributed by atoms with Crippen LogP contribution in [0.5, 0.6) is 0 Å². The van der Waals surface area contributed by atoms with E-state index in [0.717, 1.165) is 25.9 Å². The molecule has 96 valence electrons. The molecule has 18 heavy (non-hydrogen) atoms. The number of ketones is 1. The lowest BCUT2D eigenvalue weighted by Gasteiger charge is -2.23. The molecule has 0 radical (unpaired) electrons. The van der Waals surface area contributed by atoms with Crippen LogP contribution in [-0.2, 0) is 0 Å². The third kappa shape index (κ3) is 3.17. The van der Waals surface area contributed by atoms with Crippen molar-refractivity contribution < 1.29 is 9.59 Å². The normalized spacial score (nSPS) is 16.3. The molecule has 2 rings (SSSR count). The van der Waals surface area contributed by atoms with Crippen LogP contribution in [0.4, 0.5) is 0 Å². The number of amides is 1. The van der Waals surface area contributed by atoms with E-state index in [2.05, 4.69) is 10.6 Å². The van der Waals surface area contributed by atoms with Crippen molar-refractivity contribution in [2.45, 2.75) is 25.8 Å². The summed E-state index contributed by atoms with van der Waals surface area (Å²) in [7, 11) is 0. The van der Waals surface area contributed by atoms with Crippen LogP contribution >= 0.6 is 0 Å². The van der Waals surface area contributed by atoms with E-state index < -0.39 is 0 Å². The average Bonchev–Trinajstić information content (AvgIpc) is 2.40. The van der Waals surface area contributed by atoms with Crippen LogP contribution in [0.3, 0.4) is 0 Å². The fourth-order valence-electron chi connectivity index (χ4n) is 2.09. The summed E-state index contributed by atoms with van der Waals surface area (Å²) in [6, 6.07) is 7.05. The molecule has 0 spiro atoms. The van der Waals surface area contributed by atoms with E-state index in [1.165, 1.54) is 6.92 Å². The third-order valence-corrected chi connectivity index (χ3v) is 3.23. The minimum atomic E-state index is -0.0583. The second kappa shape index (κ2) is 5.78. The molecule has 0 aliphatic carbocycles. The molecule has 1 saturated heterocycles. The van der Waals surface area contributed by atoms with Crippen LogP contribution in [0.1, 0.15) is 40.5 Å². The first-order valence-corrected chi connectivity index (χ1v) is 6.29. The highest BCUT2D eigenvalue weighted by molar-refractivity contribution is 5.97. The molecule has 1 heterocycles. The zero-order chi connectivity index (χ0) is 13.0. The molecule has 0 saturated carbocycles. The first kappa shape index (κ1) is 12.8. The van der Waals surface area contributed by atoms with Crippen LogP contribution in [0.25, 0.3) is 0 Å². The van der Waals surface area contributed by atoms with Gasteiger partial charge in [0.15, 0.2) is 5.78 Å². The van der Waals surface area contributed by atoms with E-state index in [4.69, 9.17) is 0 Å². The monoisotopic (exact) mass is 246 g/mol. The van der Waals surface area contributed by atoms with Crippen molar-refractivity contribution in [3.8, 4) is 0 Å². The van der Waals surface area contributed by atoms with Gasteiger partial charge in [-0.05, 0) is 45.0 Å². The molecule has 0 atom stereocenters. The van der Waals surface area contributed by atoms with Crippen LogP contribution < -0.4 is 10.6 Å². The Hall–Kier alpha value is -1.68. The molecular formula is C14H18N2O2. The van der Waals surface area contributed by atoms with Gasteiger partial charge in [-0.3, -0.25) is 9.59 Å². The van der Waals surface area contributed by atoms with Gasteiger partial charge >= 0.3 is 0 Å². The largest absolute Gasteiger partial charge is 0.349 e. The number of Topliss-reactive ketones (excluding diaryl/α,β-unsaturated/α-hetero) is 1. The minimum absolute atomic E-state index is 0.0142. The first-order chi connectivity index (χ1) is 8.66. The maximum atomic E-state index is 12.0. The van der Waals surface area contributed by atoms with E-state index in [9.17, 15) is 9.59 Å². The smallest absolute Gasteiger partial charge is 0.251 e. The fraction of sp³-hybridized carbons (Fsp3) is 0.429. The molecule has 4 heteroatoms. The van der Waals surface area contributed by atoms with Gasteiger partial charge in [-0.1, -0.05) is 12.1 Å². The first-order valence-electron chi connectivity index (χ1n) is 6.29. The number of piperidine rings is 1. The Balaban J connectivity index is 1.97. The second-order valence-electron chi connectivity index (χ2n) is 4.63. The molecule has 1 aromatic carbocycles. The standard InChI is InChI=1S/C14H18N2O2/c1-10(17)11-2-4-12(5-3-11)14(18)16-13-6-8-15-9-7-13/h2-5,13,15H,6-9H2,1H3,(H,16,18). The molecule has 2 N–H and O–H groups in total. The zero-order valence-electron chi connectivity index (χ0n) is 10.5.